The Morgan fingerprint density at radius 2 is 2.00 bits per heavy atom. The van der Waals surface area contributed by atoms with Crippen LogP contribution in [0.2, 0.25) is 0 Å². The fraction of sp³-hybridized carbons (Fsp3) is 0.538. The van der Waals surface area contributed by atoms with Crippen LogP contribution in [-0.2, 0) is 0 Å². The van der Waals surface area contributed by atoms with Gasteiger partial charge in [-0.2, -0.15) is 11.8 Å². The number of unbranched alkanes of at least 4 members (excludes halogenated alkanes) is 1. The first kappa shape index (κ1) is 15.0. The summed E-state index contributed by atoms with van der Waals surface area (Å²) in [5, 5.41) is 14.0. The Kier molecular flexibility index (Phi) is 6.75. The van der Waals surface area contributed by atoms with E-state index < -0.39 is 0 Å². The van der Waals surface area contributed by atoms with Crippen LogP contribution >= 0.6 is 11.8 Å². The average molecular weight is 268 g/mol. The highest BCUT2D eigenvalue weighted by atomic mass is 32.2. The molecule has 100 valence electrons. The average Bonchev–Trinajstić information content (AvgIpc) is 2.38. The van der Waals surface area contributed by atoms with Crippen LogP contribution in [0.25, 0.3) is 0 Å². The molecule has 0 aromatic heterocycles. The van der Waals surface area contributed by atoms with E-state index in [-0.39, 0.29) is 16.7 Å². The van der Waals surface area contributed by atoms with Gasteiger partial charge in [-0.1, -0.05) is 12.1 Å². The number of thioether (sulfide) groups is 1. The molecule has 0 bridgehead atoms. The van der Waals surface area contributed by atoms with Crippen LogP contribution in [-0.4, -0.2) is 23.5 Å². The van der Waals surface area contributed by atoms with Crippen molar-refractivity contribution < 1.29 is 4.92 Å². The smallest absolute Gasteiger partial charge is 0.269 e. The normalized spacial score (nSPS) is 12.3. The Balaban J connectivity index is 2.37. The van der Waals surface area contributed by atoms with Gasteiger partial charge in [0.15, 0.2) is 0 Å². The Morgan fingerprint density at radius 1 is 1.33 bits per heavy atom. The van der Waals surface area contributed by atoms with Crippen LogP contribution < -0.4 is 5.32 Å². The van der Waals surface area contributed by atoms with Gasteiger partial charge in [-0.25, -0.2) is 0 Å². The first-order chi connectivity index (χ1) is 8.65. The fourth-order valence-corrected chi connectivity index (χ4v) is 2.19. The van der Waals surface area contributed by atoms with Gasteiger partial charge in [-0.3, -0.25) is 10.1 Å². The third-order valence-corrected chi connectivity index (χ3v) is 3.53. The molecule has 1 aromatic rings. The summed E-state index contributed by atoms with van der Waals surface area (Å²) in [4.78, 5) is 10.2. The quantitative estimate of drug-likeness (QED) is 0.446. The lowest BCUT2D eigenvalue weighted by atomic mass is 10.1. The van der Waals surface area contributed by atoms with Crippen LogP contribution in [0.4, 0.5) is 5.69 Å². The second-order valence-corrected chi connectivity index (χ2v) is 5.21. The van der Waals surface area contributed by atoms with Crippen molar-refractivity contribution in [3.05, 3.63) is 39.9 Å². The number of nitrogens with zero attached hydrogens (tertiary/aromatic N) is 1. The van der Waals surface area contributed by atoms with Crippen LogP contribution in [0.3, 0.4) is 0 Å². The van der Waals surface area contributed by atoms with E-state index in [1.165, 1.54) is 12.2 Å². The largest absolute Gasteiger partial charge is 0.310 e. The molecule has 0 amide bonds. The number of rotatable bonds is 8. The fourth-order valence-electron chi connectivity index (χ4n) is 1.69. The summed E-state index contributed by atoms with van der Waals surface area (Å²) in [6, 6.07) is 6.98. The lowest BCUT2D eigenvalue weighted by molar-refractivity contribution is -0.384. The molecule has 0 heterocycles. The molecule has 4 nitrogen and oxygen atoms in total. The lowest BCUT2D eigenvalue weighted by Crippen LogP contribution is -2.19. The van der Waals surface area contributed by atoms with Gasteiger partial charge in [0.05, 0.1) is 4.92 Å². The number of non-ortho nitro benzene ring substituents is 1. The maximum Gasteiger partial charge on any atom is 0.269 e. The minimum Gasteiger partial charge on any atom is -0.310 e. The maximum absolute atomic E-state index is 10.5. The first-order valence-corrected chi connectivity index (χ1v) is 7.51. The molecule has 1 atom stereocenters. The molecule has 1 N–H and O–H groups in total. The molecule has 0 saturated carbocycles. The van der Waals surface area contributed by atoms with Crippen LogP contribution in [0.1, 0.15) is 31.4 Å². The number of nitrogens with one attached hydrogen (secondary N) is 1. The van der Waals surface area contributed by atoms with Crippen LogP contribution in [0, 0.1) is 10.1 Å². The zero-order valence-corrected chi connectivity index (χ0v) is 11.7. The summed E-state index contributed by atoms with van der Waals surface area (Å²) in [6.45, 7) is 3.06. The molecule has 0 aliphatic carbocycles. The lowest BCUT2D eigenvalue weighted by Gasteiger charge is -2.13. The molecule has 1 rings (SSSR count). The molecular formula is C13H20N2O2S. The van der Waals surface area contributed by atoms with Gasteiger partial charge >= 0.3 is 0 Å². The van der Waals surface area contributed by atoms with Crippen molar-refractivity contribution in [2.24, 2.45) is 0 Å². The van der Waals surface area contributed by atoms with Crippen molar-refractivity contribution in [3.63, 3.8) is 0 Å². The van der Waals surface area contributed by atoms with Crippen molar-refractivity contribution >= 4 is 17.4 Å². The van der Waals surface area contributed by atoms with Gasteiger partial charge in [-0.05, 0) is 43.9 Å². The highest BCUT2D eigenvalue weighted by Crippen LogP contribution is 2.17. The van der Waals surface area contributed by atoms with E-state index in [0.717, 1.165) is 18.5 Å². The molecule has 1 unspecified atom stereocenters. The number of nitro benzene ring substituents is 1. The molecule has 1 aromatic carbocycles. The number of benzene rings is 1. The Bertz CT molecular complexity index is 368. The third-order valence-electron chi connectivity index (χ3n) is 2.83. The zero-order valence-electron chi connectivity index (χ0n) is 10.9. The molecule has 0 spiro atoms. The van der Waals surface area contributed by atoms with E-state index in [1.807, 2.05) is 23.9 Å². The number of hydrogen-bond donors (Lipinski definition) is 1. The highest BCUT2D eigenvalue weighted by molar-refractivity contribution is 7.98. The van der Waals surface area contributed by atoms with Crippen molar-refractivity contribution in [1.29, 1.82) is 0 Å². The van der Waals surface area contributed by atoms with E-state index in [9.17, 15) is 10.1 Å². The molecular weight excluding hydrogens is 248 g/mol. The zero-order chi connectivity index (χ0) is 13.4. The second-order valence-electron chi connectivity index (χ2n) is 4.22. The van der Waals surface area contributed by atoms with Gasteiger partial charge in [-0.15, -0.1) is 0 Å². The van der Waals surface area contributed by atoms with Gasteiger partial charge in [0, 0.05) is 18.2 Å². The third kappa shape index (κ3) is 5.06. The first-order valence-electron chi connectivity index (χ1n) is 6.12. The summed E-state index contributed by atoms with van der Waals surface area (Å²) in [5.74, 6) is 1.20. The van der Waals surface area contributed by atoms with Crippen molar-refractivity contribution in [2.45, 2.75) is 25.8 Å². The Hall–Kier alpha value is -1.07. The van der Waals surface area contributed by atoms with Gasteiger partial charge in [0.25, 0.3) is 5.69 Å². The minimum absolute atomic E-state index is 0.144. The predicted molar refractivity (Wildman–Crippen MR) is 77.1 cm³/mol. The topological polar surface area (TPSA) is 55.2 Å². The second kappa shape index (κ2) is 8.11. The molecule has 0 saturated heterocycles. The molecule has 0 aliphatic heterocycles. The predicted octanol–water partition coefficient (Wildman–Crippen LogP) is 3.39. The Labute approximate surface area is 112 Å². The van der Waals surface area contributed by atoms with Crippen LogP contribution in [0.5, 0.6) is 0 Å². The van der Waals surface area contributed by atoms with E-state index in [2.05, 4.69) is 18.5 Å². The van der Waals surface area contributed by atoms with E-state index in [4.69, 9.17) is 0 Å². The monoisotopic (exact) mass is 268 g/mol. The van der Waals surface area contributed by atoms with Gasteiger partial charge in [0.1, 0.15) is 0 Å². The highest BCUT2D eigenvalue weighted by Gasteiger charge is 2.08. The summed E-state index contributed by atoms with van der Waals surface area (Å²) in [6.07, 6.45) is 4.51. The minimum atomic E-state index is -0.371. The Morgan fingerprint density at radius 3 is 2.56 bits per heavy atom. The van der Waals surface area contributed by atoms with Crippen molar-refractivity contribution in [1.82, 2.24) is 5.32 Å². The number of nitro groups is 1. The van der Waals surface area contributed by atoms with E-state index in [1.54, 1.807) is 12.1 Å². The van der Waals surface area contributed by atoms with E-state index >= 15 is 0 Å². The number of hydrogen-bond acceptors (Lipinski definition) is 4. The standard InChI is InChI=1S/C13H20N2O2S/c1-11(14-9-3-4-10-18-2)12-5-7-13(8-6-12)15(16)17/h5-8,11,14H,3-4,9-10H2,1-2H3. The van der Waals surface area contributed by atoms with Crippen molar-refractivity contribution in [2.75, 3.05) is 18.6 Å². The molecule has 0 radical (unpaired) electrons. The molecule has 18 heavy (non-hydrogen) atoms. The summed E-state index contributed by atoms with van der Waals surface area (Å²) in [5.41, 5.74) is 1.23. The SMILES string of the molecule is CSCCCCNC(C)c1ccc([N+](=O)[O-])cc1. The summed E-state index contributed by atoms with van der Waals surface area (Å²) >= 11 is 1.87. The summed E-state index contributed by atoms with van der Waals surface area (Å²) < 4.78 is 0. The molecule has 5 heteroatoms. The van der Waals surface area contributed by atoms with Crippen LogP contribution in [0.15, 0.2) is 24.3 Å². The van der Waals surface area contributed by atoms with Gasteiger partial charge < -0.3 is 5.32 Å². The summed E-state index contributed by atoms with van der Waals surface area (Å²) in [7, 11) is 0. The van der Waals surface area contributed by atoms with Crippen molar-refractivity contribution in [3.8, 4) is 0 Å². The molecule has 0 aliphatic rings. The molecule has 0 fully saturated rings. The van der Waals surface area contributed by atoms with Gasteiger partial charge in [0.2, 0.25) is 0 Å². The van der Waals surface area contributed by atoms with E-state index in [0.29, 0.717) is 0 Å². The maximum atomic E-state index is 10.5.